The monoisotopic (exact) mass is 290 g/mol. The Morgan fingerprint density at radius 1 is 1.19 bits per heavy atom. The molecule has 0 aliphatic carbocycles. The molecule has 8 heteroatoms. The maximum Gasteiger partial charge on any atom is 0.332 e. The molecule has 2 aromatic rings. The zero-order valence-electron chi connectivity index (χ0n) is 11.8. The van der Waals surface area contributed by atoms with Crippen LogP contribution in [0.2, 0.25) is 0 Å². The number of hydrogen-bond acceptors (Lipinski definition) is 5. The molecule has 0 radical (unpaired) electrons. The van der Waals surface area contributed by atoms with Crippen LogP contribution in [0.5, 0.6) is 0 Å². The molecule has 0 saturated heterocycles. The molecule has 1 aliphatic heterocycles. The highest BCUT2D eigenvalue weighted by Gasteiger charge is 2.25. The van der Waals surface area contributed by atoms with Crippen molar-refractivity contribution in [2.75, 3.05) is 0 Å². The first-order chi connectivity index (χ1) is 9.91. The van der Waals surface area contributed by atoms with Crippen LogP contribution in [0, 0.1) is 0 Å². The first-order valence-corrected chi connectivity index (χ1v) is 6.42. The number of imidazole rings is 1. The molecule has 0 aromatic carbocycles. The summed E-state index contributed by atoms with van der Waals surface area (Å²) >= 11 is 0. The second-order valence-electron chi connectivity index (χ2n) is 4.96. The smallest absolute Gasteiger partial charge is 0.332 e. The molecule has 2 aromatic heterocycles. The summed E-state index contributed by atoms with van der Waals surface area (Å²) in [5.41, 5.74) is -0.353. The summed E-state index contributed by atoms with van der Waals surface area (Å²) in [6.07, 6.45) is 3.23. The molecule has 0 fully saturated rings. The van der Waals surface area contributed by atoms with Crippen LogP contribution in [-0.2, 0) is 23.6 Å². The maximum absolute atomic E-state index is 12.3. The first-order valence-electron chi connectivity index (χ1n) is 6.42. The van der Waals surface area contributed by atoms with Crippen molar-refractivity contribution in [1.29, 1.82) is 0 Å². The number of ketones is 1. The third kappa shape index (κ3) is 1.87. The fraction of sp³-hybridized carbons (Fsp3) is 0.385. The van der Waals surface area contributed by atoms with Gasteiger partial charge in [0.1, 0.15) is 12.4 Å². The Morgan fingerprint density at radius 3 is 2.57 bits per heavy atom. The van der Waals surface area contributed by atoms with Gasteiger partial charge in [0, 0.05) is 14.1 Å². The normalized spacial score (nSPS) is 22.1. The highest BCUT2D eigenvalue weighted by molar-refractivity contribution is 5.93. The van der Waals surface area contributed by atoms with Gasteiger partial charge in [0.2, 0.25) is 0 Å². The fourth-order valence-corrected chi connectivity index (χ4v) is 2.35. The lowest BCUT2D eigenvalue weighted by molar-refractivity contribution is -0.131. The van der Waals surface area contributed by atoms with E-state index in [9.17, 15) is 14.4 Å². The Kier molecular flexibility index (Phi) is 2.91. The first kappa shape index (κ1) is 13.5. The molecule has 110 valence electrons. The van der Waals surface area contributed by atoms with Crippen molar-refractivity contribution in [3.05, 3.63) is 39.3 Å². The van der Waals surface area contributed by atoms with Crippen molar-refractivity contribution >= 4 is 16.9 Å². The lowest BCUT2D eigenvalue weighted by Gasteiger charge is -2.23. The van der Waals surface area contributed by atoms with E-state index in [1.54, 1.807) is 20.0 Å². The highest BCUT2D eigenvalue weighted by Crippen LogP contribution is 2.21. The third-order valence-electron chi connectivity index (χ3n) is 3.62. The second kappa shape index (κ2) is 4.52. The number of carbonyl (C=O) groups excluding carboxylic acids is 1. The summed E-state index contributed by atoms with van der Waals surface area (Å²) < 4.78 is 9.41. The second-order valence-corrected chi connectivity index (χ2v) is 4.96. The lowest BCUT2D eigenvalue weighted by atomic mass is 10.2. The number of aromatic nitrogens is 4. The Balaban J connectivity index is 2.27. The van der Waals surface area contributed by atoms with E-state index in [1.165, 1.54) is 28.6 Å². The van der Waals surface area contributed by atoms with Crippen LogP contribution >= 0.6 is 0 Å². The SMILES string of the molecule is C[C@@H]1O[C@H](n2cnc3c2c(=O)n(C)c(=O)n3C)C=CC1=O. The van der Waals surface area contributed by atoms with Gasteiger partial charge in [-0.15, -0.1) is 0 Å². The van der Waals surface area contributed by atoms with E-state index in [0.29, 0.717) is 0 Å². The molecule has 0 amide bonds. The lowest BCUT2D eigenvalue weighted by Crippen LogP contribution is -2.38. The minimum atomic E-state index is -0.604. The quantitative estimate of drug-likeness (QED) is 0.705. The molecule has 0 saturated carbocycles. The van der Waals surface area contributed by atoms with Gasteiger partial charge in [0.25, 0.3) is 5.56 Å². The van der Waals surface area contributed by atoms with Crippen molar-refractivity contribution in [3.8, 4) is 0 Å². The zero-order valence-corrected chi connectivity index (χ0v) is 11.8. The van der Waals surface area contributed by atoms with Gasteiger partial charge in [0.05, 0.1) is 0 Å². The van der Waals surface area contributed by atoms with E-state index < -0.39 is 23.6 Å². The van der Waals surface area contributed by atoms with Gasteiger partial charge in [-0.2, -0.15) is 0 Å². The number of hydrogen-bond donors (Lipinski definition) is 0. The number of ether oxygens (including phenoxy) is 1. The van der Waals surface area contributed by atoms with Crippen molar-refractivity contribution in [2.45, 2.75) is 19.3 Å². The topological polar surface area (TPSA) is 88.1 Å². The number of nitrogens with zero attached hydrogens (tertiary/aromatic N) is 4. The summed E-state index contributed by atoms with van der Waals surface area (Å²) in [6, 6.07) is 0. The summed E-state index contributed by atoms with van der Waals surface area (Å²) in [5.74, 6) is -0.129. The van der Waals surface area contributed by atoms with Crippen molar-refractivity contribution in [3.63, 3.8) is 0 Å². The predicted molar refractivity (Wildman–Crippen MR) is 73.9 cm³/mol. The Labute approximate surface area is 118 Å². The van der Waals surface area contributed by atoms with E-state index >= 15 is 0 Å². The molecule has 0 unspecified atom stereocenters. The number of aryl methyl sites for hydroxylation is 1. The van der Waals surface area contributed by atoms with Crippen LogP contribution in [0.15, 0.2) is 28.1 Å². The van der Waals surface area contributed by atoms with E-state index in [4.69, 9.17) is 4.74 Å². The van der Waals surface area contributed by atoms with E-state index in [0.717, 1.165) is 4.57 Å². The minimum absolute atomic E-state index is 0.129. The van der Waals surface area contributed by atoms with E-state index in [2.05, 4.69) is 4.98 Å². The number of fused-ring (bicyclic) bond motifs is 1. The van der Waals surface area contributed by atoms with Gasteiger partial charge in [-0.3, -0.25) is 23.3 Å². The van der Waals surface area contributed by atoms with Gasteiger partial charge in [0.15, 0.2) is 23.2 Å². The summed E-state index contributed by atoms with van der Waals surface area (Å²) in [6.45, 7) is 1.64. The number of rotatable bonds is 1. The molecule has 0 N–H and O–H groups in total. The largest absolute Gasteiger partial charge is 0.343 e. The molecular formula is C13H14N4O4. The predicted octanol–water partition coefficient (Wildman–Crippen LogP) is -0.524. The molecule has 1 aliphatic rings. The summed E-state index contributed by atoms with van der Waals surface area (Å²) in [7, 11) is 2.95. The molecule has 2 atom stereocenters. The maximum atomic E-state index is 12.3. The zero-order chi connectivity index (χ0) is 15.3. The average Bonchev–Trinajstić information content (AvgIpc) is 2.90. The number of carbonyl (C=O) groups is 1. The van der Waals surface area contributed by atoms with Gasteiger partial charge in [-0.1, -0.05) is 0 Å². The van der Waals surface area contributed by atoms with Crippen molar-refractivity contribution < 1.29 is 9.53 Å². The molecule has 3 heterocycles. The van der Waals surface area contributed by atoms with Gasteiger partial charge in [-0.25, -0.2) is 9.78 Å². The van der Waals surface area contributed by atoms with Gasteiger partial charge in [-0.05, 0) is 19.1 Å². The van der Waals surface area contributed by atoms with Crippen LogP contribution in [0.3, 0.4) is 0 Å². The Morgan fingerprint density at radius 2 is 1.90 bits per heavy atom. The van der Waals surface area contributed by atoms with Crippen molar-refractivity contribution in [2.24, 2.45) is 14.1 Å². The Bertz CT molecular complexity index is 886. The van der Waals surface area contributed by atoms with Crippen LogP contribution in [0.4, 0.5) is 0 Å². The van der Waals surface area contributed by atoms with Crippen LogP contribution in [0.1, 0.15) is 13.2 Å². The molecule has 0 spiro atoms. The molecule has 0 bridgehead atoms. The third-order valence-corrected chi connectivity index (χ3v) is 3.62. The van der Waals surface area contributed by atoms with E-state index in [-0.39, 0.29) is 16.9 Å². The van der Waals surface area contributed by atoms with Crippen LogP contribution < -0.4 is 11.2 Å². The average molecular weight is 290 g/mol. The molecule has 8 nitrogen and oxygen atoms in total. The van der Waals surface area contributed by atoms with Crippen LogP contribution in [0.25, 0.3) is 11.2 Å². The minimum Gasteiger partial charge on any atom is -0.343 e. The molecular weight excluding hydrogens is 276 g/mol. The highest BCUT2D eigenvalue weighted by atomic mass is 16.5. The van der Waals surface area contributed by atoms with Gasteiger partial charge < -0.3 is 4.74 Å². The standard InChI is InChI=1S/C13H14N4O4/c1-7-8(18)4-5-9(21-7)17-6-14-11-10(17)12(19)16(3)13(20)15(11)2/h4-7,9H,1-3H3/t7-,9-/m0/s1. The summed E-state index contributed by atoms with van der Waals surface area (Å²) in [5, 5.41) is 0. The summed E-state index contributed by atoms with van der Waals surface area (Å²) in [4.78, 5) is 39.7. The molecule has 21 heavy (non-hydrogen) atoms. The Hall–Kier alpha value is -2.48. The molecule has 3 rings (SSSR count). The fourth-order valence-electron chi connectivity index (χ4n) is 2.35. The van der Waals surface area contributed by atoms with Crippen LogP contribution in [-0.4, -0.2) is 30.6 Å². The van der Waals surface area contributed by atoms with Gasteiger partial charge >= 0.3 is 5.69 Å². The van der Waals surface area contributed by atoms with E-state index in [1.807, 2.05) is 0 Å². The van der Waals surface area contributed by atoms with Crippen molar-refractivity contribution in [1.82, 2.24) is 18.7 Å².